The SMILES string of the molecule is C[C@@H]1CCc2c(ccnc2N)C1. The first-order valence-electron chi connectivity index (χ1n) is 4.49. The van der Waals surface area contributed by atoms with Gasteiger partial charge in [-0.2, -0.15) is 0 Å². The van der Waals surface area contributed by atoms with E-state index in [-0.39, 0.29) is 0 Å². The molecule has 0 bridgehead atoms. The Bertz CT molecular complexity index is 294. The summed E-state index contributed by atoms with van der Waals surface area (Å²) in [6, 6.07) is 2.10. The highest BCUT2D eigenvalue weighted by atomic mass is 14.8. The molecule has 64 valence electrons. The van der Waals surface area contributed by atoms with E-state index in [1.165, 1.54) is 24.0 Å². The highest BCUT2D eigenvalue weighted by Crippen LogP contribution is 2.27. The Labute approximate surface area is 72.8 Å². The summed E-state index contributed by atoms with van der Waals surface area (Å²) >= 11 is 0. The summed E-state index contributed by atoms with van der Waals surface area (Å²) in [6.45, 7) is 2.29. The van der Waals surface area contributed by atoms with Crippen molar-refractivity contribution in [3.05, 3.63) is 23.4 Å². The maximum absolute atomic E-state index is 5.78. The van der Waals surface area contributed by atoms with Gasteiger partial charge in [0.2, 0.25) is 0 Å². The third-order valence-electron chi connectivity index (χ3n) is 2.64. The monoisotopic (exact) mass is 162 g/mol. The molecule has 1 atom stereocenters. The van der Waals surface area contributed by atoms with Gasteiger partial charge in [-0.15, -0.1) is 0 Å². The lowest BCUT2D eigenvalue weighted by molar-refractivity contribution is 0.501. The van der Waals surface area contributed by atoms with Gasteiger partial charge in [0.05, 0.1) is 0 Å². The summed E-state index contributed by atoms with van der Waals surface area (Å²) in [5.41, 5.74) is 8.47. The van der Waals surface area contributed by atoms with Crippen LogP contribution < -0.4 is 5.73 Å². The Balaban J connectivity index is 2.42. The van der Waals surface area contributed by atoms with Crippen molar-refractivity contribution < 1.29 is 0 Å². The molecular weight excluding hydrogens is 148 g/mol. The number of anilines is 1. The quantitative estimate of drug-likeness (QED) is 0.631. The van der Waals surface area contributed by atoms with E-state index in [0.29, 0.717) is 0 Å². The van der Waals surface area contributed by atoms with Crippen LogP contribution in [0.1, 0.15) is 24.5 Å². The summed E-state index contributed by atoms with van der Waals surface area (Å²) in [5.74, 6) is 1.54. The second-order valence-electron chi connectivity index (χ2n) is 3.68. The molecule has 12 heavy (non-hydrogen) atoms. The molecule has 2 heteroatoms. The highest BCUT2D eigenvalue weighted by molar-refractivity contribution is 5.45. The number of hydrogen-bond acceptors (Lipinski definition) is 2. The zero-order valence-corrected chi connectivity index (χ0v) is 7.38. The number of nitrogens with two attached hydrogens (primary N) is 1. The van der Waals surface area contributed by atoms with Crippen LogP contribution in [-0.2, 0) is 12.8 Å². The molecule has 0 unspecified atom stereocenters. The summed E-state index contributed by atoms with van der Waals surface area (Å²) in [5, 5.41) is 0. The van der Waals surface area contributed by atoms with Crippen molar-refractivity contribution in [2.45, 2.75) is 26.2 Å². The van der Waals surface area contributed by atoms with E-state index < -0.39 is 0 Å². The molecule has 0 spiro atoms. The Morgan fingerprint density at radius 3 is 3.25 bits per heavy atom. The van der Waals surface area contributed by atoms with Crippen LogP contribution in [0.2, 0.25) is 0 Å². The van der Waals surface area contributed by atoms with Crippen LogP contribution in [0.4, 0.5) is 5.82 Å². The second-order valence-corrected chi connectivity index (χ2v) is 3.68. The fourth-order valence-electron chi connectivity index (χ4n) is 1.90. The number of pyridine rings is 1. The molecule has 1 aromatic heterocycles. The lowest BCUT2D eigenvalue weighted by Gasteiger charge is -2.21. The smallest absolute Gasteiger partial charge is 0.126 e. The fraction of sp³-hybridized carbons (Fsp3) is 0.500. The number of fused-ring (bicyclic) bond motifs is 1. The van der Waals surface area contributed by atoms with Crippen molar-refractivity contribution in [2.75, 3.05) is 5.73 Å². The van der Waals surface area contributed by atoms with Gasteiger partial charge in [-0.1, -0.05) is 6.92 Å². The number of nitrogens with zero attached hydrogens (tertiary/aromatic N) is 1. The summed E-state index contributed by atoms with van der Waals surface area (Å²) in [4.78, 5) is 4.10. The second kappa shape index (κ2) is 2.77. The van der Waals surface area contributed by atoms with Gasteiger partial charge >= 0.3 is 0 Å². The van der Waals surface area contributed by atoms with Gasteiger partial charge in [-0.25, -0.2) is 4.98 Å². The van der Waals surface area contributed by atoms with Crippen LogP contribution in [0.25, 0.3) is 0 Å². The molecule has 0 fully saturated rings. The minimum absolute atomic E-state index is 0.736. The molecule has 0 aromatic carbocycles. The molecule has 0 saturated heterocycles. The Kier molecular flexibility index (Phi) is 1.75. The molecule has 1 aromatic rings. The zero-order chi connectivity index (χ0) is 8.55. The molecule has 0 radical (unpaired) electrons. The van der Waals surface area contributed by atoms with Crippen LogP contribution >= 0.6 is 0 Å². The topological polar surface area (TPSA) is 38.9 Å². The standard InChI is InChI=1S/C10H14N2/c1-7-2-3-9-8(6-7)4-5-12-10(9)11/h4-5,7H,2-3,6H2,1H3,(H2,11,12)/t7-/m1/s1. The van der Waals surface area contributed by atoms with Crippen LogP contribution in [0.15, 0.2) is 12.3 Å². The number of rotatable bonds is 0. The first kappa shape index (κ1) is 7.59. The lowest BCUT2D eigenvalue weighted by Crippen LogP contribution is -2.13. The maximum Gasteiger partial charge on any atom is 0.126 e. The van der Waals surface area contributed by atoms with Gasteiger partial charge in [0.25, 0.3) is 0 Å². The first-order chi connectivity index (χ1) is 5.77. The Morgan fingerprint density at radius 1 is 1.58 bits per heavy atom. The van der Waals surface area contributed by atoms with Crippen LogP contribution in [0.3, 0.4) is 0 Å². The molecular formula is C10H14N2. The molecule has 0 amide bonds. The van der Waals surface area contributed by atoms with Gasteiger partial charge in [0.1, 0.15) is 5.82 Å². The zero-order valence-electron chi connectivity index (χ0n) is 7.38. The molecule has 1 aliphatic rings. The van der Waals surface area contributed by atoms with Gasteiger partial charge in [-0.3, -0.25) is 0 Å². The summed E-state index contributed by atoms with van der Waals surface area (Å²) < 4.78 is 0. The molecule has 2 nitrogen and oxygen atoms in total. The van der Waals surface area contributed by atoms with Gasteiger partial charge in [0.15, 0.2) is 0 Å². The van der Waals surface area contributed by atoms with Crippen molar-refractivity contribution in [1.29, 1.82) is 0 Å². The highest BCUT2D eigenvalue weighted by Gasteiger charge is 2.16. The lowest BCUT2D eigenvalue weighted by atomic mass is 9.86. The molecule has 2 rings (SSSR count). The van der Waals surface area contributed by atoms with E-state index in [1.54, 1.807) is 0 Å². The van der Waals surface area contributed by atoms with Crippen molar-refractivity contribution in [2.24, 2.45) is 5.92 Å². The Hall–Kier alpha value is -1.05. The Morgan fingerprint density at radius 2 is 2.42 bits per heavy atom. The fourth-order valence-corrected chi connectivity index (χ4v) is 1.90. The number of hydrogen-bond donors (Lipinski definition) is 1. The summed E-state index contributed by atoms with van der Waals surface area (Å²) in [6.07, 6.45) is 5.34. The average Bonchev–Trinajstić information content (AvgIpc) is 2.04. The molecule has 0 saturated carbocycles. The minimum atomic E-state index is 0.736. The third-order valence-corrected chi connectivity index (χ3v) is 2.64. The number of nitrogen functional groups attached to an aromatic ring is 1. The van der Waals surface area contributed by atoms with Crippen molar-refractivity contribution >= 4 is 5.82 Å². The third kappa shape index (κ3) is 1.17. The summed E-state index contributed by atoms with van der Waals surface area (Å²) in [7, 11) is 0. The van der Waals surface area contributed by atoms with Crippen LogP contribution in [0.5, 0.6) is 0 Å². The molecule has 1 heterocycles. The van der Waals surface area contributed by atoms with E-state index in [0.717, 1.165) is 18.2 Å². The maximum atomic E-state index is 5.78. The van der Waals surface area contributed by atoms with E-state index in [9.17, 15) is 0 Å². The first-order valence-corrected chi connectivity index (χ1v) is 4.49. The van der Waals surface area contributed by atoms with Crippen LogP contribution in [0, 0.1) is 5.92 Å². The van der Waals surface area contributed by atoms with Gasteiger partial charge < -0.3 is 5.73 Å². The van der Waals surface area contributed by atoms with Crippen LogP contribution in [-0.4, -0.2) is 4.98 Å². The molecule has 2 N–H and O–H groups in total. The number of aromatic nitrogens is 1. The van der Waals surface area contributed by atoms with Crippen molar-refractivity contribution in [1.82, 2.24) is 4.98 Å². The normalized spacial score (nSPS) is 21.9. The van der Waals surface area contributed by atoms with Crippen molar-refractivity contribution in [3.63, 3.8) is 0 Å². The van der Waals surface area contributed by atoms with E-state index in [4.69, 9.17) is 5.73 Å². The molecule has 1 aliphatic carbocycles. The largest absolute Gasteiger partial charge is 0.383 e. The average molecular weight is 162 g/mol. The van der Waals surface area contributed by atoms with Crippen molar-refractivity contribution in [3.8, 4) is 0 Å². The van der Waals surface area contributed by atoms with E-state index >= 15 is 0 Å². The minimum Gasteiger partial charge on any atom is -0.383 e. The predicted octanol–water partition coefficient (Wildman–Crippen LogP) is 1.79. The van der Waals surface area contributed by atoms with Gasteiger partial charge in [-0.05, 0) is 42.4 Å². The van der Waals surface area contributed by atoms with Gasteiger partial charge in [0, 0.05) is 6.20 Å². The van der Waals surface area contributed by atoms with E-state index in [1.807, 2.05) is 6.20 Å². The molecule has 0 aliphatic heterocycles. The van der Waals surface area contributed by atoms with E-state index in [2.05, 4.69) is 18.0 Å². The predicted molar refractivity (Wildman–Crippen MR) is 49.8 cm³/mol.